The molecule has 514 valence electrons. The fourth-order valence-corrected chi connectivity index (χ4v) is 6.44. The second kappa shape index (κ2) is 72.9. The number of carbonyl (C=O) groups excluding carboxylic acids is 4. The summed E-state index contributed by atoms with van der Waals surface area (Å²) in [6.07, 6.45) is 3.33. The fourth-order valence-electron chi connectivity index (χ4n) is 6.44. The smallest absolute Gasteiger partial charge is 0.246 e. The van der Waals surface area contributed by atoms with Gasteiger partial charge in [0.25, 0.3) is 0 Å². The van der Waals surface area contributed by atoms with E-state index in [0.29, 0.717) is 139 Å². The Morgan fingerprint density at radius 2 is 0.570 bits per heavy atom. The molecule has 0 rings (SSSR count). The highest BCUT2D eigenvalue weighted by Gasteiger charge is 2.34. The van der Waals surface area contributed by atoms with E-state index in [9.17, 15) is 19.2 Å². The van der Waals surface area contributed by atoms with Crippen LogP contribution in [0.1, 0.15) is 108 Å². The van der Waals surface area contributed by atoms with E-state index >= 15 is 0 Å². The highest BCUT2D eigenvalue weighted by atomic mass is 16.6. The molecule has 0 aromatic heterocycles. The predicted octanol–water partition coefficient (Wildman–Crippen LogP) is 3.74. The average molecular weight is 1250 g/mol. The summed E-state index contributed by atoms with van der Waals surface area (Å²) in [7, 11) is 0. The number of ether oxygens (including phenoxy) is 18. The summed E-state index contributed by atoms with van der Waals surface area (Å²) in [5, 5.41) is 11.4. The first-order chi connectivity index (χ1) is 42.0. The summed E-state index contributed by atoms with van der Waals surface area (Å²) in [6.45, 7) is 31.6. The van der Waals surface area contributed by atoms with Crippen LogP contribution in [0, 0.1) is 0 Å². The minimum Gasteiger partial charge on any atom is -0.379 e. The van der Waals surface area contributed by atoms with Gasteiger partial charge in [-0.1, -0.05) is 48.0 Å². The number of rotatable bonds is 67. The van der Waals surface area contributed by atoms with Crippen LogP contribution in [0.2, 0.25) is 0 Å². The Morgan fingerprint density at radius 3 is 0.860 bits per heavy atom. The Bertz CT molecular complexity index is 1360. The molecule has 0 aliphatic rings. The van der Waals surface area contributed by atoms with Crippen molar-refractivity contribution < 1.29 is 104 Å². The molecular formula is C60H122N4O22. The lowest BCUT2D eigenvalue weighted by molar-refractivity contribution is -0.134. The van der Waals surface area contributed by atoms with Crippen molar-refractivity contribution in [1.82, 2.24) is 21.3 Å². The standard InChI is InChI=1S/C56H110N4O22.2C2H6/c1-7-9-17-66-25-30-74-40-41-77-46-55(64)60-56(47-78-18-10-52(61)57-13-21-67-26-31-71-35-34-70-29-24-65-16-8-2,48-79-19-11-53(62)58-14-22-68-27-32-72-36-38-75-42-44-81-50(3)4)49-80-20-12-54(63)59-15-23-69-28-33-73-37-39-76-43-45-82-51(5)6;2*1-2/h50-51H,7-49H2,1-6H3,(H,57,61)(H,58,62)(H,59,63)(H,60,64);2*1-2H3. The van der Waals surface area contributed by atoms with Crippen molar-refractivity contribution in [3.63, 3.8) is 0 Å². The quantitative estimate of drug-likeness (QED) is 0.0631. The van der Waals surface area contributed by atoms with Crippen molar-refractivity contribution in [2.45, 2.75) is 126 Å². The molecule has 0 unspecified atom stereocenters. The van der Waals surface area contributed by atoms with Crippen LogP contribution in [0.25, 0.3) is 0 Å². The molecular weight excluding hydrogens is 1130 g/mol. The van der Waals surface area contributed by atoms with Crippen LogP contribution in [0.5, 0.6) is 0 Å². The number of carbonyl (C=O) groups is 4. The van der Waals surface area contributed by atoms with Gasteiger partial charge in [0.2, 0.25) is 23.6 Å². The first kappa shape index (κ1) is 87.4. The van der Waals surface area contributed by atoms with Gasteiger partial charge in [0.05, 0.1) is 217 Å². The Morgan fingerprint density at radius 1 is 0.302 bits per heavy atom. The van der Waals surface area contributed by atoms with E-state index in [1.54, 1.807) is 0 Å². The van der Waals surface area contributed by atoms with Crippen molar-refractivity contribution in [3.8, 4) is 0 Å². The second-order valence-corrected chi connectivity index (χ2v) is 18.9. The van der Waals surface area contributed by atoms with E-state index in [0.717, 1.165) is 25.9 Å². The van der Waals surface area contributed by atoms with Crippen LogP contribution in [0.4, 0.5) is 0 Å². The molecule has 0 radical (unpaired) electrons. The Balaban J connectivity index is -0.0000168. The first-order valence-corrected chi connectivity index (χ1v) is 31.6. The molecule has 4 amide bonds. The molecule has 0 spiro atoms. The Labute approximate surface area is 517 Å². The van der Waals surface area contributed by atoms with Gasteiger partial charge in [0.1, 0.15) is 12.1 Å². The lowest BCUT2D eigenvalue weighted by Crippen LogP contribution is -2.59. The first-order valence-electron chi connectivity index (χ1n) is 31.6. The number of nitrogens with one attached hydrogen (secondary N) is 4. The number of amides is 4. The minimum atomic E-state index is -1.34. The monoisotopic (exact) mass is 1250 g/mol. The van der Waals surface area contributed by atoms with E-state index in [-0.39, 0.29) is 148 Å². The zero-order chi connectivity index (χ0) is 63.9. The topological polar surface area (TPSA) is 283 Å². The van der Waals surface area contributed by atoms with Gasteiger partial charge in [-0.05, 0) is 40.5 Å². The van der Waals surface area contributed by atoms with Gasteiger partial charge in [-0.2, -0.15) is 0 Å². The van der Waals surface area contributed by atoms with Crippen LogP contribution in [-0.2, 0) is 104 Å². The molecule has 0 saturated heterocycles. The Kier molecular flexibility index (Phi) is 74.1. The van der Waals surface area contributed by atoms with Gasteiger partial charge in [0, 0.05) is 52.1 Å². The lowest BCUT2D eigenvalue weighted by atomic mass is 10.0. The van der Waals surface area contributed by atoms with E-state index in [4.69, 9.17) is 85.3 Å². The SMILES string of the molecule is CC.CC.CCCCOCCOCCOCC(=O)NC(COCCC(=O)NCCOCCOCCOCCOCCC)(COCCC(=O)NCCOCCOCCOCCOC(C)C)COCCC(=O)NCCOCCOCCOCCOC(C)C. The molecule has 0 aliphatic carbocycles. The maximum atomic E-state index is 13.5. The van der Waals surface area contributed by atoms with E-state index in [1.165, 1.54) is 0 Å². The molecule has 0 saturated carbocycles. The van der Waals surface area contributed by atoms with Crippen LogP contribution in [-0.4, -0.2) is 286 Å². The zero-order valence-corrected chi connectivity index (χ0v) is 55.0. The largest absolute Gasteiger partial charge is 0.379 e. The molecule has 0 aromatic carbocycles. The third-order valence-electron chi connectivity index (χ3n) is 10.6. The maximum Gasteiger partial charge on any atom is 0.246 e. The molecule has 0 heterocycles. The number of unbranched alkanes of at least 4 members (excludes halogenated alkanes) is 1. The predicted molar refractivity (Wildman–Crippen MR) is 327 cm³/mol. The maximum absolute atomic E-state index is 13.5. The van der Waals surface area contributed by atoms with E-state index < -0.39 is 11.4 Å². The zero-order valence-electron chi connectivity index (χ0n) is 55.0. The fraction of sp³-hybridized carbons (Fsp3) is 0.933. The molecule has 0 aliphatic heterocycles. The van der Waals surface area contributed by atoms with Gasteiger partial charge in [-0.3, -0.25) is 19.2 Å². The third-order valence-corrected chi connectivity index (χ3v) is 10.6. The van der Waals surface area contributed by atoms with Crippen LogP contribution in [0.15, 0.2) is 0 Å². The van der Waals surface area contributed by atoms with Crippen LogP contribution < -0.4 is 21.3 Å². The van der Waals surface area contributed by atoms with Crippen molar-refractivity contribution in [2.75, 3.05) is 244 Å². The van der Waals surface area contributed by atoms with Crippen molar-refractivity contribution in [1.29, 1.82) is 0 Å². The normalized spacial score (nSPS) is 11.3. The molecule has 0 atom stereocenters. The van der Waals surface area contributed by atoms with Crippen molar-refractivity contribution >= 4 is 23.6 Å². The average Bonchev–Trinajstić information content (AvgIpc) is 3.71. The van der Waals surface area contributed by atoms with Crippen LogP contribution in [0.3, 0.4) is 0 Å². The highest BCUT2D eigenvalue weighted by Crippen LogP contribution is 2.11. The van der Waals surface area contributed by atoms with Gasteiger partial charge in [0.15, 0.2) is 0 Å². The second-order valence-electron chi connectivity index (χ2n) is 18.9. The summed E-state index contributed by atoms with van der Waals surface area (Å²) in [6, 6.07) is 0. The van der Waals surface area contributed by atoms with Gasteiger partial charge in [-0.15, -0.1) is 0 Å². The van der Waals surface area contributed by atoms with E-state index in [1.807, 2.05) is 55.4 Å². The van der Waals surface area contributed by atoms with Crippen LogP contribution >= 0.6 is 0 Å². The summed E-state index contributed by atoms with van der Waals surface area (Å²) < 4.78 is 101. The molecule has 0 bridgehead atoms. The minimum absolute atomic E-state index is 0.00582. The molecule has 0 aromatic rings. The van der Waals surface area contributed by atoms with Crippen molar-refractivity contribution in [2.24, 2.45) is 0 Å². The third kappa shape index (κ3) is 70.2. The summed E-state index contributed by atoms with van der Waals surface area (Å²) in [5.74, 6) is -1.31. The number of hydrogen-bond donors (Lipinski definition) is 4. The molecule has 26 heteroatoms. The van der Waals surface area contributed by atoms with Gasteiger partial charge < -0.3 is 107 Å². The summed E-state index contributed by atoms with van der Waals surface area (Å²) >= 11 is 0. The van der Waals surface area contributed by atoms with E-state index in [2.05, 4.69) is 35.1 Å². The number of hydrogen-bond acceptors (Lipinski definition) is 22. The molecule has 0 fully saturated rings. The summed E-state index contributed by atoms with van der Waals surface area (Å²) in [4.78, 5) is 51.8. The molecule has 4 N–H and O–H groups in total. The highest BCUT2D eigenvalue weighted by molar-refractivity contribution is 5.78. The van der Waals surface area contributed by atoms with Gasteiger partial charge >= 0.3 is 0 Å². The summed E-state index contributed by atoms with van der Waals surface area (Å²) in [5.41, 5.74) is -1.34. The Hall–Kier alpha value is -2.84. The van der Waals surface area contributed by atoms with Gasteiger partial charge in [-0.25, -0.2) is 0 Å². The lowest BCUT2D eigenvalue weighted by Gasteiger charge is -2.34. The molecule has 86 heavy (non-hydrogen) atoms. The molecule has 26 nitrogen and oxygen atoms in total. The van der Waals surface area contributed by atoms with Crippen molar-refractivity contribution in [3.05, 3.63) is 0 Å².